The van der Waals surface area contributed by atoms with Gasteiger partial charge in [0.2, 0.25) is 0 Å². The molecule has 0 spiro atoms. The monoisotopic (exact) mass is 407 g/mol. The summed E-state index contributed by atoms with van der Waals surface area (Å²) in [6, 6.07) is 25.7. The minimum atomic E-state index is -0.378. The number of carbonyl (C=O) groups is 1. The topological polar surface area (TPSA) is 29.5 Å². The van der Waals surface area contributed by atoms with E-state index in [2.05, 4.69) is 15.9 Å². The Morgan fingerprint density at radius 3 is 2.15 bits per heavy atom. The molecule has 4 heteroatoms. The first-order valence-corrected chi connectivity index (χ1v) is 9.31. The van der Waals surface area contributed by atoms with E-state index in [1.807, 2.05) is 85.8 Å². The van der Waals surface area contributed by atoms with Crippen molar-refractivity contribution in [1.82, 2.24) is 0 Å². The Balaban J connectivity index is 1.86. The van der Waals surface area contributed by atoms with E-state index in [-0.39, 0.29) is 17.9 Å². The molecule has 1 aliphatic rings. The number of hydrogen-bond acceptors (Lipinski definition) is 3. The molecule has 0 aliphatic carbocycles. The first-order valence-electron chi connectivity index (χ1n) is 8.52. The molecule has 2 unspecified atom stereocenters. The maximum atomic E-state index is 12.9. The van der Waals surface area contributed by atoms with Gasteiger partial charge in [0.25, 0.3) is 0 Å². The summed E-state index contributed by atoms with van der Waals surface area (Å²) < 4.78 is 0.948. The summed E-state index contributed by atoms with van der Waals surface area (Å²) in [4.78, 5) is 18.7. The van der Waals surface area contributed by atoms with Crippen molar-refractivity contribution in [3.05, 3.63) is 100 Å². The van der Waals surface area contributed by atoms with Crippen LogP contribution in [0.5, 0.6) is 0 Å². The first-order chi connectivity index (χ1) is 12.6. The van der Waals surface area contributed by atoms with Crippen LogP contribution in [0.3, 0.4) is 0 Å². The van der Waals surface area contributed by atoms with Gasteiger partial charge in [0.15, 0.2) is 0 Å². The van der Waals surface area contributed by atoms with Crippen LogP contribution in [0.2, 0.25) is 0 Å². The fourth-order valence-corrected chi connectivity index (χ4v) is 3.80. The number of anilines is 1. The van der Waals surface area contributed by atoms with Crippen molar-refractivity contribution in [2.75, 3.05) is 5.06 Å². The van der Waals surface area contributed by atoms with Gasteiger partial charge >= 0.3 is 5.97 Å². The molecule has 0 saturated carbocycles. The van der Waals surface area contributed by atoms with Crippen LogP contribution < -0.4 is 5.06 Å². The summed E-state index contributed by atoms with van der Waals surface area (Å²) in [6.07, 6.45) is 0. The highest BCUT2D eigenvalue weighted by molar-refractivity contribution is 9.10. The zero-order chi connectivity index (χ0) is 18.1. The molecule has 1 fully saturated rings. The van der Waals surface area contributed by atoms with E-state index in [1.54, 1.807) is 5.06 Å². The van der Waals surface area contributed by atoms with Crippen LogP contribution in [-0.4, -0.2) is 5.97 Å². The number of nitrogens with zero attached hydrogens (tertiary/aromatic N) is 1. The number of hydrogen-bond donors (Lipinski definition) is 0. The van der Waals surface area contributed by atoms with E-state index >= 15 is 0 Å². The molecule has 1 heterocycles. The van der Waals surface area contributed by atoms with Crippen molar-refractivity contribution in [2.45, 2.75) is 18.9 Å². The zero-order valence-electron chi connectivity index (χ0n) is 14.3. The van der Waals surface area contributed by atoms with Crippen LogP contribution in [0, 0.1) is 6.92 Å². The molecular formula is C22H18BrNO2. The highest BCUT2D eigenvalue weighted by Gasteiger charge is 2.46. The summed E-state index contributed by atoms with van der Waals surface area (Å²) >= 11 is 3.53. The predicted molar refractivity (Wildman–Crippen MR) is 106 cm³/mol. The van der Waals surface area contributed by atoms with Crippen molar-refractivity contribution in [2.24, 2.45) is 0 Å². The fraction of sp³-hybridized carbons (Fsp3) is 0.136. The number of carbonyl (C=O) groups excluding carboxylic acids is 1. The Morgan fingerprint density at radius 1 is 0.885 bits per heavy atom. The van der Waals surface area contributed by atoms with Gasteiger partial charge in [-0.05, 0) is 35.7 Å². The Morgan fingerprint density at radius 2 is 1.50 bits per heavy atom. The van der Waals surface area contributed by atoms with Crippen molar-refractivity contribution >= 4 is 27.6 Å². The average Bonchev–Trinajstić information content (AvgIpc) is 3.02. The summed E-state index contributed by atoms with van der Waals surface area (Å²) in [7, 11) is 0. The molecule has 26 heavy (non-hydrogen) atoms. The van der Waals surface area contributed by atoms with Gasteiger partial charge in [-0.3, -0.25) is 0 Å². The van der Waals surface area contributed by atoms with Gasteiger partial charge < -0.3 is 4.84 Å². The second kappa shape index (κ2) is 6.96. The second-order valence-electron chi connectivity index (χ2n) is 6.41. The maximum absolute atomic E-state index is 12.9. The van der Waals surface area contributed by atoms with Gasteiger partial charge in [-0.1, -0.05) is 82.7 Å². The number of rotatable bonds is 3. The number of aryl methyl sites for hydroxylation is 1. The molecule has 0 N–H and O–H groups in total. The number of hydroxylamine groups is 1. The molecule has 0 radical (unpaired) electrons. The molecule has 3 aromatic carbocycles. The van der Waals surface area contributed by atoms with Gasteiger partial charge in [-0.15, -0.1) is 0 Å². The highest BCUT2D eigenvalue weighted by Crippen LogP contribution is 2.46. The van der Waals surface area contributed by atoms with Crippen LogP contribution in [0.4, 0.5) is 5.69 Å². The summed E-state index contributed by atoms with van der Waals surface area (Å²) in [5.41, 5.74) is 3.95. The SMILES string of the molecule is Cc1ccc(Br)cc1N1OC(=O)C(c2ccccc2)C1c1ccccc1. The van der Waals surface area contributed by atoms with E-state index in [9.17, 15) is 4.79 Å². The lowest BCUT2D eigenvalue weighted by atomic mass is 9.87. The van der Waals surface area contributed by atoms with Gasteiger partial charge in [0, 0.05) is 4.47 Å². The predicted octanol–water partition coefficient (Wildman–Crippen LogP) is 5.56. The maximum Gasteiger partial charge on any atom is 0.342 e. The molecule has 1 saturated heterocycles. The molecule has 4 rings (SSSR count). The first kappa shape index (κ1) is 16.9. The van der Waals surface area contributed by atoms with Crippen molar-refractivity contribution in [3.8, 4) is 0 Å². The molecule has 0 bridgehead atoms. The van der Waals surface area contributed by atoms with E-state index in [0.717, 1.165) is 26.9 Å². The Labute approximate surface area is 161 Å². The van der Waals surface area contributed by atoms with E-state index < -0.39 is 0 Å². The minimum absolute atomic E-state index is 0.223. The normalized spacial score (nSPS) is 19.5. The third kappa shape index (κ3) is 3.01. The third-order valence-electron chi connectivity index (χ3n) is 4.72. The Bertz CT molecular complexity index is 927. The molecule has 0 amide bonds. The van der Waals surface area contributed by atoms with Crippen molar-refractivity contribution in [1.29, 1.82) is 0 Å². The molecule has 3 nitrogen and oxygen atoms in total. The summed E-state index contributed by atoms with van der Waals surface area (Å²) in [6.45, 7) is 2.02. The molecule has 1 aliphatic heterocycles. The summed E-state index contributed by atoms with van der Waals surface area (Å²) in [5.74, 6) is -0.610. The molecule has 130 valence electrons. The Hall–Kier alpha value is -2.59. The van der Waals surface area contributed by atoms with E-state index in [4.69, 9.17) is 4.84 Å². The van der Waals surface area contributed by atoms with Crippen LogP contribution in [0.15, 0.2) is 83.3 Å². The lowest BCUT2D eigenvalue weighted by Crippen LogP contribution is -2.24. The second-order valence-corrected chi connectivity index (χ2v) is 7.33. The highest BCUT2D eigenvalue weighted by atomic mass is 79.9. The van der Waals surface area contributed by atoms with E-state index in [0.29, 0.717) is 0 Å². The quantitative estimate of drug-likeness (QED) is 0.568. The fourth-order valence-electron chi connectivity index (χ4n) is 3.45. The lowest BCUT2D eigenvalue weighted by molar-refractivity contribution is -0.140. The minimum Gasteiger partial charge on any atom is -0.339 e. The van der Waals surface area contributed by atoms with Gasteiger partial charge in [-0.25, -0.2) is 4.79 Å². The largest absolute Gasteiger partial charge is 0.342 e. The molecular weight excluding hydrogens is 390 g/mol. The van der Waals surface area contributed by atoms with Crippen LogP contribution in [0.25, 0.3) is 0 Å². The number of benzene rings is 3. The van der Waals surface area contributed by atoms with Crippen molar-refractivity contribution < 1.29 is 9.63 Å². The molecule has 2 atom stereocenters. The lowest BCUT2D eigenvalue weighted by Gasteiger charge is -2.27. The number of halogens is 1. The van der Waals surface area contributed by atoms with Crippen molar-refractivity contribution in [3.63, 3.8) is 0 Å². The van der Waals surface area contributed by atoms with E-state index in [1.165, 1.54) is 0 Å². The van der Waals surface area contributed by atoms with Gasteiger partial charge in [0.1, 0.15) is 12.0 Å². The Kier molecular flexibility index (Phi) is 4.51. The summed E-state index contributed by atoms with van der Waals surface area (Å²) in [5, 5.41) is 1.76. The van der Waals surface area contributed by atoms with Gasteiger partial charge in [0.05, 0.1) is 5.69 Å². The molecule has 3 aromatic rings. The third-order valence-corrected chi connectivity index (χ3v) is 5.21. The average molecular weight is 408 g/mol. The van der Waals surface area contributed by atoms with Crippen LogP contribution >= 0.6 is 15.9 Å². The standard InChI is InChI=1S/C22H18BrNO2/c1-15-12-13-18(23)14-19(15)24-21(17-10-6-3-7-11-17)20(22(25)26-24)16-8-4-2-5-9-16/h2-14,20-21H,1H3. The van der Waals surface area contributed by atoms with Crippen LogP contribution in [-0.2, 0) is 9.63 Å². The zero-order valence-corrected chi connectivity index (χ0v) is 15.9. The molecule has 0 aromatic heterocycles. The van der Waals surface area contributed by atoms with Crippen LogP contribution in [0.1, 0.15) is 28.7 Å². The smallest absolute Gasteiger partial charge is 0.339 e. The van der Waals surface area contributed by atoms with Gasteiger partial charge in [-0.2, -0.15) is 5.06 Å².